The Kier molecular flexibility index (Phi) is 4.79. The molecule has 32 heavy (non-hydrogen) atoms. The second kappa shape index (κ2) is 7.69. The van der Waals surface area contributed by atoms with Crippen LogP contribution in [-0.4, -0.2) is 47.9 Å². The van der Waals surface area contributed by atoms with Gasteiger partial charge < -0.3 is 14.4 Å². The van der Waals surface area contributed by atoms with Gasteiger partial charge >= 0.3 is 0 Å². The van der Waals surface area contributed by atoms with Gasteiger partial charge in [-0.3, -0.25) is 4.79 Å². The number of aromatic nitrogens is 1. The number of fused-ring (bicyclic) bond motifs is 2. The molecule has 3 heterocycles. The van der Waals surface area contributed by atoms with E-state index < -0.39 is 5.79 Å². The molecule has 6 rings (SSSR count). The summed E-state index contributed by atoms with van der Waals surface area (Å²) >= 11 is 6.04. The quantitative estimate of drug-likeness (QED) is 0.558. The lowest BCUT2D eigenvalue weighted by Gasteiger charge is -2.23. The van der Waals surface area contributed by atoms with Crippen LogP contribution in [0, 0.1) is 0 Å². The van der Waals surface area contributed by atoms with Gasteiger partial charge in [-0.05, 0) is 53.8 Å². The van der Waals surface area contributed by atoms with E-state index in [2.05, 4.69) is 6.08 Å². The molecular weight excluding hydrogens is 424 g/mol. The van der Waals surface area contributed by atoms with Crippen LogP contribution in [0.15, 0.2) is 48.5 Å². The maximum absolute atomic E-state index is 13.8. The van der Waals surface area contributed by atoms with Gasteiger partial charge in [0, 0.05) is 23.4 Å². The summed E-state index contributed by atoms with van der Waals surface area (Å²) in [6.07, 6.45) is 4.53. The molecule has 1 amide bonds. The molecule has 1 aliphatic carbocycles. The lowest BCUT2D eigenvalue weighted by Crippen LogP contribution is -2.37. The average Bonchev–Trinajstić information content (AvgIpc) is 3.55. The van der Waals surface area contributed by atoms with Crippen LogP contribution in [0.4, 0.5) is 0 Å². The molecule has 0 bridgehead atoms. The summed E-state index contributed by atoms with van der Waals surface area (Å²) in [7, 11) is 0. The van der Waals surface area contributed by atoms with E-state index in [1.54, 1.807) is 0 Å². The van der Waals surface area contributed by atoms with Gasteiger partial charge in [0.25, 0.3) is 5.91 Å². The summed E-state index contributed by atoms with van der Waals surface area (Å²) in [5.41, 5.74) is 5.84. The third-order valence-corrected chi connectivity index (χ3v) is 6.91. The standard InChI is InChI=1S/C26H23ClN2O3/c27-19-8-5-17(6-9-19)15-18-7-10-21-23(20-3-1-2-4-22(20)28-24(18)21)25(30)29-12-11-26(16-29)31-13-14-32-26/h1-6,8-9,15H,7,10-14,16H2/b18-15+. The van der Waals surface area contributed by atoms with Crippen molar-refractivity contribution < 1.29 is 14.3 Å². The number of allylic oxidation sites excluding steroid dienone is 1. The molecular formula is C26H23ClN2O3. The van der Waals surface area contributed by atoms with Gasteiger partial charge in [0.15, 0.2) is 5.79 Å². The topological polar surface area (TPSA) is 51.7 Å². The van der Waals surface area contributed by atoms with Crippen molar-refractivity contribution in [1.29, 1.82) is 0 Å². The third-order valence-electron chi connectivity index (χ3n) is 6.66. The Labute approximate surface area is 191 Å². The molecule has 0 saturated carbocycles. The van der Waals surface area contributed by atoms with Gasteiger partial charge in [-0.2, -0.15) is 0 Å². The second-order valence-corrected chi connectivity index (χ2v) is 9.07. The highest BCUT2D eigenvalue weighted by Gasteiger charge is 2.45. The first kappa shape index (κ1) is 19.9. The van der Waals surface area contributed by atoms with Crippen LogP contribution in [0.1, 0.15) is 40.0 Å². The summed E-state index contributed by atoms with van der Waals surface area (Å²) in [4.78, 5) is 20.7. The van der Waals surface area contributed by atoms with Gasteiger partial charge in [-0.1, -0.05) is 41.9 Å². The van der Waals surface area contributed by atoms with Crippen molar-refractivity contribution in [2.45, 2.75) is 25.0 Å². The Morgan fingerprint density at radius 1 is 1.06 bits per heavy atom. The number of carbonyl (C=O) groups is 1. The number of rotatable bonds is 2. The van der Waals surface area contributed by atoms with E-state index >= 15 is 0 Å². The molecule has 162 valence electrons. The van der Waals surface area contributed by atoms with Crippen LogP contribution in [0.2, 0.25) is 5.02 Å². The largest absolute Gasteiger partial charge is 0.346 e. The number of halogens is 1. The van der Waals surface area contributed by atoms with Crippen molar-refractivity contribution in [2.24, 2.45) is 0 Å². The molecule has 2 aliphatic heterocycles. The zero-order valence-corrected chi connectivity index (χ0v) is 18.4. The van der Waals surface area contributed by atoms with Gasteiger partial charge in [0.1, 0.15) is 0 Å². The Hall–Kier alpha value is -2.73. The van der Waals surface area contributed by atoms with Gasteiger partial charge in [-0.15, -0.1) is 0 Å². The van der Waals surface area contributed by atoms with E-state index in [4.69, 9.17) is 26.1 Å². The minimum absolute atomic E-state index is 0.0450. The molecule has 1 aromatic heterocycles. The van der Waals surface area contributed by atoms with Crippen LogP contribution in [0.3, 0.4) is 0 Å². The summed E-state index contributed by atoms with van der Waals surface area (Å²) in [6.45, 7) is 2.30. The van der Waals surface area contributed by atoms with Crippen molar-refractivity contribution in [3.63, 3.8) is 0 Å². The molecule has 2 aromatic carbocycles. The number of likely N-dealkylation sites (tertiary alicyclic amines) is 1. The smallest absolute Gasteiger partial charge is 0.255 e. The predicted octanol–water partition coefficient (Wildman–Crippen LogP) is 4.96. The normalized spacial score (nSPS) is 20.5. The van der Waals surface area contributed by atoms with E-state index in [0.29, 0.717) is 32.7 Å². The highest BCUT2D eigenvalue weighted by molar-refractivity contribution is 6.30. The molecule has 0 radical (unpaired) electrons. The Bertz CT molecular complexity index is 1250. The SMILES string of the molecule is O=C(c1c2c(nc3ccccc13)/C(=C/c1ccc(Cl)cc1)CC2)N1CCC2(C1)OCCO2. The van der Waals surface area contributed by atoms with E-state index in [0.717, 1.165) is 56.7 Å². The third kappa shape index (κ3) is 3.32. The number of pyridine rings is 1. The molecule has 0 unspecified atom stereocenters. The fraction of sp³-hybridized carbons (Fsp3) is 0.308. The molecule has 2 saturated heterocycles. The number of benzene rings is 2. The number of hydrogen-bond acceptors (Lipinski definition) is 4. The summed E-state index contributed by atoms with van der Waals surface area (Å²) < 4.78 is 11.7. The monoisotopic (exact) mass is 446 g/mol. The summed E-state index contributed by atoms with van der Waals surface area (Å²) in [6, 6.07) is 15.7. The zero-order valence-electron chi connectivity index (χ0n) is 17.6. The number of amides is 1. The molecule has 0 N–H and O–H groups in total. The molecule has 1 spiro atoms. The minimum atomic E-state index is -0.624. The summed E-state index contributed by atoms with van der Waals surface area (Å²) in [5, 5.41) is 1.63. The number of nitrogens with zero attached hydrogens (tertiary/aromatic N) is 2. The van der Waals surface area contributed by atoms with Crippen LogP contribution >= 0.6 is 11.6 Å². The van der Waals surface area contributed by atoms with Crippen molar-refractivity contribution in [2.75, 3.05) is 26.3 Å². The molecule has 2 fully saturated rings. The maximum Gasteiger partial charge on any atom is 0.255 e. The second-order valence-electron chi connectivity index (χ2n) is 8.64. The van der Waals surface area contributed by atoms with Crippen LogP contribution in [-0.2, 0) is 15.9 Å². The first-order valence-corrected chi connectivity index (χ1v) is 11.5. The Morgan fingerprint density at radius 3 is 2.66 bits per heavy atom. The molecule has 0 atom stereocenters. The fourth-order valence-electron chi connectivity index (χ4n) is 5.10. The number of ether oxygens (including phenoxy) is 2. The van der Waals surface area contributed by atoms with Crippen LogP contribution in [0.25, 0.3) is 22.6 Å². The van der Waals surface area contributed by atoms with E-state index in [-0.39, 0.29) is 5.91 Å². The first-order valence-electron chi connectivity index (χ1n) is 11.1. The van der Waals surface area contributed by atoms with Gasteiger partial charge in [0.05, 0.1) is 36.5 Å². The lowest BCUT2D eigenvalue weighted by molar-refractivity contribution is -0.143. The van der Waals surface area contributed by atoms with Crippen molar-refractivity contribution in [1.82, 2.24) is 9.88 Å². The zero-order chi connectivity index (χ0) is 21.7. The van der Waals surface area contributed by atoms with Crippen molar-refractivity contribution in [3.8, 4) is 0 Å². The highest BCUT2D eigenvalue weighted by atomic mass is 35.5. The van der Waals surface area contributed by atoms with Gasteiger partial charge in [-0.25, -0.2) is 4.98 Å². The van der Waals surface area contributed by atoms with E-state index in [9.17, 15) is 4.79 Å². The Morgan fingerprint density at radius 2 is 1.84 bits per heavy atom. The van der Waals surface area contributed by atoms with Crippen LogP contribution in [0.5, 0.6) is 0 Å². The fourth-order valence-corrected chi connectivity index (χ4v) is 5.23. The average molecular weight is 447 g/mol. The van der Waals surface area contributed by atoms with E-state index in [1.165, 1.54) is 0 Å². The molecule has 6 heteroatoms. The number of para-hydroxylation sites is 1. The minimum Gasteiger partial charge on any atom is -0.346 e. The highest BCUT2D eigenvalue weighted by Crippen LogP contribution is 2.39. The number of hydrogen-bond donors (Lipinski definition) is 0. The van der Waals surface area contributed by atoms with Crippen molar-refractivity contribution >= 4 is 40.1 Å². The van der Waals surface area contributed by atoms with Crippen molar-refractivity contribution in [3.05, 3.63) is 75.9 Å². The van der Waals surface area contributed by atoms with Crippen LogP contribution < -0.4 is 0 Å². The molecule has 5 nitrogen and oxygen atoms in total. The predicted molar refractivity (Wildman–Crippen MR) is 125 cm³/mol. The molecule has 3 aromatic rings. The molecule has 3 aliphatic rings. The maximum atomic E-state index is 13.8. The Balaban J connectivity index is 1.43. The number of carbonyl (C=O) groups excluding carboxylic acids is 1. The first-order chi connectivity index (χ1) is 15.6. The van der Waals surface area contributed by atoms with Gasteiger partial charge in [0.2, 0.25) is 0 Å². The summed E-state index contributed by atoms with van der Waals surface area (Å²) in [5.74, 6) is -0.579. The van der Waals surface area contributed by atoms with E-state index in [1.807, 2.05) is 53.4 Å². The lowest BCUT2D eigenvalue weighted by atomic mass is 9.99.